The smallest absolute Gasteiger partial charge is 0.236 e. The van der Waals surface area contributed by atoms with Crippen molar-refractivity contribution in [3.63, 3.8) is 0 Å². The Morgan fingerprint density at radius 1 is 1.33 bits per heavy atom. The molecular weight excluding hydrogens is 324 g/mol. The molecule has 0 radical (unpaired) electrons. The molecule has 0 saturated carbocycles. The predicted octanol–water partition coefficient (Wildman–Crippen LogP) is 4.06. The molecule has 2 atom stereocenters. The first-order valence-electron chi connectivity index (χ1n) is 6.94. The lowest BCUT2D eigenvalue weighted by molar-refractivity contribution is -0.122. The summed E-state index contributed by atoms with van der Waals surface area (Å²) in [5.41, 5.74) is 0. The Labute approximate surface area is 138 Å². The van der Waals surface area contributed by atoms with Crippen LogP contribution in [0.25, 0.3) is 0 Å². The number of hydrogen-bond donors (Lipinski definition) is 2. The van der Waals surface area contributed by atoms with E-state index in [0.717, 1.165) is 15.6 Å². The van der Waals surface area contributed by atoms with Crippen LogP contribution in [-0.2, 0) is 4.79 Å². The fraction of sp³-hybridized carbons (Fsp3) is 0.400. The van der Waals surface area contributed by atoms with Crippen LogP contribution in [0, 0.1) is 0 Å². The highest BCUT2D eigenvalue weighted by Crippen LogP contribution is 2.33. The first-order valence-corrected chi connectivity index (χ1v) is 9.01. The van der Waals surface area contributed by atoms with E-state index in [9.17, 15) is 4.79 Å². The molecule has 0 fully saturated rings. The van der Waals surface area contributed by atoms with E-state index in [1.165, 1.54) is 4.88 Å². The van der Waals surface area contributed by atoms with Crippen molar-refractivity contribution in [1.29, 1.82) is 0 Å². The van der Waals surface area contributed by atoms with E-state index in [4.69, 9.17) is 11.6 Å². The van der Waals surface area contributed by atoms with E-state index >= 15 is 0 Å². The van der Waals surface area contributed by atoms with Gasteiger partial charge in [0.25, 0.3) is 0 Å². The van der Waals surface area contributed by atoms with Crippen molar-refractivity contribution in [1.82, 2.24) is 10.6 Å². The molecule has 2 aromatic heterocycles. The molecule has 1 amide bonds. The molecule has 0 bridgehead atoms. The summed E-state index contributed by atoms with van der Waals surface area (Å²) in [7, 11) is 0. The Morgan fingerprint density at radius 2 is 2.14 bits per heavy atom. The molecule has 2 unspecified atom stereocenters. The molecule has 21 heavy (non-hydrogen) atoms. The van der Waals surface area contributed by atoms with Gasteiger partial charge in [0.15, 0.2) is 0 Å². The number of carbonyl (C=O) groups is 1. The average molecular weight is 343 g/mol. The fourth-order valence-corrected chi connectivity index (χ4v) is 3.99. The van der Waals surface area contributed by atoms with Crippen LogP contribution in [0.5, 0.6) is 0 Å². The number of thiophene rings is 2. The fourth-order valence-electron chi connectivity index (χ4n) is 1.97. The lowest BCUT2D eigenvalue weighted by Crippen LogP contribution is -2.43. The van der Waals surface area contributed by atoms with E-state index in [1.54, 1.807) is 22.7 Å². The molecule has 6 heteroatoms. The lowest BCUT2D eigenvalue weighted by atomic mass is 10.1. The number of amides is 1. The molecule has 2 N–H and O–H groups in total. The van der Waals surface area contributed by atoms with E-state index < -0.39 is 0 Å². The summed E-state index contributed by atoms with van der Waals surface area (Å²) in [6.07, 6.45) is 0.938. The van der Waals surface area contributed by atoms with Gasteiger partial charge in [0.2, 0.25) is 5.91 Å². The Morgan fingerprint density at radius 3 is 2.71 bits per heavy atom. The van der Waals surface area contributed by atoms with Gasteiger partial charge < -0.3 is 5.32 Å². The highest BCUT2D eigenvalue weighted by Gasteiger charge is 2.22. The number of rotatable bonds is 7. The molecule has 2 aromatic rings. The van der Waals surface area contributed by atoms with Gasteiger partial charge in [-0.25, -0.2) is 0 Å². The summed E-state index contributed by atoms with van der Waals surface area (Å²) in [4.78, 5) is 14.4. The summed E-state index contributed by atoms with van der Waals surface area (Å²) in [5.74, 6) is 0.0288. The largest absolute Gasteiger partial charge is 0.355 e. The minimum absolute atomic E-state index is 0.00452. The van der Waals surface area contributed by atoms with Crippen LogP contribution in [0.3, 0.4) is 0 Å². The highest BCUT2D eigenvalue weighted by atomic mass is 35.5. The van der Waals surface area contributed by atoms with Crippen molar-refractivity contribution in [3.8, 4) is 0 Å². The molecule has 0 aliphatic rings. The molecule has 0 spiro atoms. The Bertz CT molecular complexity index is 568. The summed E-state index contributed by atoms with van der Waals surface area (Å²) in [6, 6.07) is 7.75. The van der Waals surface area contributed by atoms with Gasteiger partial charge in [-0.3, -0.25) is 10.1 Å². The van der Waals surface area contributed by atoms with E-state index in [0.29, 0.717) is 6.54 Å². The minimum atomic E-state index is -0.260. The quantitative estimate of drug-likeness (QED) is 0.796. The van der Waals surface area contributed by atoms with Crippen molar-refractivity contribution in [2.24, 2.45) is 0 Å². The van der Waals surface area contributed by atoms with Crippen LogP contribution in [0.4, 0.5) is 0 Å². The molecule has 114 valence electrons. The average Bonchev–Trinajstić information content (AvgIpc) is 3.13. The zero-order valence-electron chi connectivity index (χ0n) is 12.1. The Balaban J connectivity index is 2.12. The maximum atomic E-state index is 12.1. The van der Waals surface area contributed by atoms with E-state index in [-0.39, 0.29) is 18.0 Å². The summed E-state index contributed by atoms with van der Waals surface area (Å²) in [6.45, 7) is 4.64. The molecule has 2 rings (SSSR count). The van der Waals surface area contributed by atoms with Gasteiger partial charge >= 0.3 is 0 Å². The maximum absolute atomic E-state index is 12.1. The number of hydrogen-bond acceptors (Lipinski definition) is 4. The van der Waals surface area contributed by atoms with Crippen LogP contribution in [0.15, 0.2) is 29.6 Å². The second-order valence-corrected chi connectivity index (χ2v) is 7.50. The highest BCUT2D eigenvalue weighted by molar-refractivity contribution is 7.16. The van der Waals surface area contributed by atoms with Gasteiger partial charge in [0.1, 0.15) is 0 Å². The molecule has 0 aromatic carbocycles. The van der Waals surface area contributed by atoms with Gasteiger partial charge in [-0.05, 0) is 36.9 Å². The van der Waals surface area contributed by atoms with Crippen molar-refractivity contribution in [3.05, 3.63) is 43.7 Å². The van der Waals surface area contributed by atoms with Crippen LogP contribution >= 0.6 is 34.3 Å². The third-order valence-electron chi connectivity index (χ3n) is 3.07. The maximum Gasteiger partial charge on any atom is 0.236 e. The van der Waals surface area contributed by atoms with Crippen molar-refractivity contribution < 1.29 is 4.79 Å². The van der Waals surface area contributed by atoms with Crippen molar-refractivity contribution in [2.45, 2.75) is 32.4 Å². The van der Waals surface area contributed by atoms with E-state index in [1.807, 2.05) is 37.4 Å². The Hall–Kier alpha value is -0.880. The topological polar surface area (TPSA) is 41.1 Å². The van der Waals surface area contributed by atoms with Gasteiger partial charge in [-0.15, -0.1) is 22.7 Å². The Kier molecular flexibility index (Phi) is 6.23. The van der Waals surface area contributed by atoms with Crippen LogP contribution in [0.2, 0.25) is 4.34 Å². The van der Waals surface area contributed by atoms with Crippen LogP contribution < -0.4 is 10.6 Å². The predicted molar refractivity (Wildman–Crippen MR) is 91.4 cm³/mol. The standard InChI is InChI=1S/C15H19ClN2OS2/c1-3-8-17-15(19)10(2)18-14(11-5-4-9-20-11)12-6-7-13(16)21-12/h4-7,9-10,14,18H,3,8H2,1-2H3,(H,17,19). The zero-order chi connectivity index (χ0) is 15.2. The molecule has 0 saturated heterocycles. The van der Waals surface area contributed by atoms with Crippen LogP contribution in [-0.4, -0.2) is 18.5 Å². The van der Waals surface area contributed by atoms with Gasteiger partial charge in [0.05, 0.1) is 16.4 Å². The van der Waals surface area contributed by atoms with Crippen LogP contribution in [0.1, 0.15) is 36.1 Å². The summed E-state index contributed by atoms with van der Waals surface area (Å²) < 4.78 is 0.761. The summed E-state index contributed by atoms with van der Waals surface area (Å²) in [5, 5.41) is 8.37. The lowest BCUT2D eigenvalue weighted by Gasteiger charge is -2.21. The number of carbonyl (C=O) groups excluding carboxylic acids is 1. The SMILES string of the molecule is CCCNC(=O)C(C)NC(c1cccs1)c1ccc(Cl)s1. The third-order valence-corrected chi connectivity index (χ3v) is 5.30. The monoisotopic (exact) mass is 342 g/mol. The second-order valence-electron chi connectivity index (χ2n) is 4.77. The summed E-state index contributed by atoms with van der Waals surface area (Å²) >= 11 is 9.27. The third kappa shape index (κ3) is 4.54. The number of nitrogens with one attached hydrogen (secondary N) is 2. The van der Waals surface area contributed by atoms with Gasteiger partial charge in [-0.2, -0.15) is 0 Å². The second kappa shape index (κ2) is 7.94. The number of halogens is 1. The normalized spacial score (nSPS) is 13.9. The molecule has 0 aliphatic heterocycles. The first kappa shape index (κ1) is 16.5. The van der Waals surface area contributed by atoms with E-state index in [2.05, 4.69) is 16.7 Å². The molecular formula is C15H19ClN2OS2. The zero-order valence-corrected chi connectivity index (χ0v) is 14.4. The minimum Gasteiger partial charge on any atom is -0.355 e. The molecule has 2 heterocycles. The molecule has 3 nitrogen and oxygen atoms in total. The van der Waals surface area contributed by atoms with Crippen molar-refractivity contribution in [2.75, 3.05) is 6.54 Å². The van der Waals surface area contributed by atoms with Gasteiger partial charge in [-0.1, -0.05) is 24.6 Å². The first-order chi connectivity index (χ1) is 10.1. The van der Waals surface area contributed by atoms with Gasteiger partial charge in [0, 0.05) is 16.3 Å². The van der Waals surface area contributed by atoms with Crippen molar-refractivity contribution >= 4 is 40.2 Å². The molecule has 0 aliphatic carbocycles.